The second-order valence-electron chi connectivity index (χ2n) is 5.64. The van der Waals surface area contributed by atoms with Gasteiger partial charge < -0.3 is 20.0 Å². The third-order valence-corrected chi connectivity index (χ3v) is 4.24. The Morgan fingerprint density at radius 1 is 1.43 bits per heavy atom. The highest BCUT2D eigenvalue weighted by molar-refractivity contribution is 7.13. The highest BCUT2D eigenvalue weighted by Gasteiger charge is 2.05. The molecule has 0 bridgehead atoms. The number of carboxylic acid groups (broad SMARTS) is 1. The van der Waals surface area contributed by atoms with Gasteiger partial charge in [0.05, 0.1) is 12.2 Å². The number of anilines is 1. The molecule has 2 rings (SSSR count). The van der Waals surface area contributed by atoms with Crippen molar-refractivity contribution in [1.29, 1.82) is 0 Å². The van der Waals surface area contributed by atoms with Crippen molar-refractivity contribution in [2.75, 3.05) is 18.5 Å². The summed E-state index contributed by atoms with van der Waals surface area (Å²) in [6.07, 6.45) is -0.157. The van der Waals surface area contributed by atoms with Crippen LogP contribution in [0.1, 0.15) is 36.6 Å². The number of carbonyl (C=O) groups is 1. The van der Waals surface area contributed by atoms with Crippen LogP contribution in [0.5, 0.6) is 5.75 Å². The molecule has 23 heavy (non-hydrogen) atoms. The maximum atomic E-state index is 10.5. The van der Waals surface area contributed by atoms with Gasteiger partial charge in [-0.2, -0.15) is 0 Å². The van der Waals surface area contributed by atoms with Crippen LogP contribution in [0.2, 0.25) is 0 Å². The molecule has 0 saturated carbocycles. The average molecular weight is 333 g/mol. The normalized spacial score (nSPS) is 10.8. The van der Waals surface area contributed by atoms with Crippen molar-refractivity contribution in [1.82, 2.24) is 4.98 Å². The first-order chi connectivity index (χ1) is 11.0. The van der Waals surface area contributed by atoms with Gasteiger partial charge in [0.1, 0.15) is 12.4 Å². The fraction of sp³-hybridized carbons (Fsp3) is 0.412. The van der Waals surface area contributed by atoms with Crippen LogP contribution >= 0.6 is 11.3 Å². The Bertz CT molecular complexity index is 668. The maximum absolute atomic E-state index is 10.5. The Kier molecular flexibility index (Phi) is 5.98. The van der Waals surface area contributed by atoms with Crippen LogP contribution in [0.4, 0.5) is 5.13 Å². The Morgan fingerprint density at radius 2 is 2.22 bits per heavy atom. The van der Waals surface area contributed by atoms with Crippen LogP contribution in [0.3, 0.4) is 0 Å². The molecule has 0 radical (unpaired) electrons. The molecule has 2 aromatic rings. The number of rotatable bonds is 8. The molecule has 5 nitrogen and oxygen atoms in total. The predicted octanol–water partition coefficient (Wildman–Crippen LogP) is 2.36. The van der Waals surface area contributed by atoms with Crippen molar-refractivity contribution in [2.45, 2.75) is 33.1 Å². The summed E-state index contributed by atoms with van der Waals surface area (Å²) >= 11 is 1.38. The molecule has 0 aliphatic rings. The van der Waals surface area contributed by atoms with Gasteiger partial charge in [-0.3, -0.25) is 0 Å². The lowest BCUT2D eigenvalue weighted by Gasteiger charge is -2.12. The summed E-state index contributed by atoms with van der Waals surface area (Å²) in [6.45, 7) is 7.55. The molecule has 124 valence electrons. The number of aliphatic carboxylic acids is 1. The van der Waals surface area contributed by atoms with Crippen molar-refractivity contribution in [3.05, 3.63) is 40.4 Å². The standard InChI is InChI=1S/C17H22N2O3S/c1-11(2)15-5-4-14(8-12(15)3)22-7-6-18-17-19-13(10-23-17)9-16(20)21/h4-5,8,10-11H,6-7,9H2,1-3H3,(H,18,19)(H,20,21)/p-1. The van der Waals surface area contributed by atoms with Gasteiger partial charge in [0, 0.05) is 17.8 Å². The maximum Gasteiger partial charge on any atom is 0.182 e. The summed E-state index contributed by atoms with van der Waals surface area (Å²) < 4.78 is 5.72. The van der Waals surface area contributed by atoms with Crippen LogP contribution in [0.25, 0.3) is 0 Å². The molecular weight excluding hydrogens is 312 g/mol. The summed E-state index contributed by atoms with van der Waals surface area (Å²) in [5.74, 6) is 0.238. The highest BCUT2D eigenvalue weighted by atomic mass is 32.1. The van der Waals surface area contributed by atoms with E-state index < -0.39 is 5.97 Å². The van der Waals surface area contributed by atoms with Crippen molar-refractivity contribution in [2.24, 2.45) is 0 Å². The minimum atomic E-state index is -1.12. The number of ether oxygens (including phenoxy) is 1. The van der Waals surface area contributed by atoms with Crippen LogP contribution in [0.15, 0.2) is 23.6 Å². The van der Waals surface area contributed by atoms with Crippen LogP contribution in [0, 0.1) is 6.92 Å². The first-order valence-corrected chi connectivity index (χ1v) is 8.45. The Balaban J connectivity index is 1.78. The van der Waals surface area contributed by atoms with Gasteiger partial charge in [-0.25, -0.2) is 4.98 Å². The fourth-order valence-corrected chi connectivity index (χ4v) is 3.07. The lowest BCUT2D eigenvalue weighted by atomic mass is 9.98. The quantitative estimate of drug-likeness (QED) is 0.751. The van der Waals surface area contributed by atoms with Gasteiger partial charge in [0.2, 0.25) is 0 Å². The van der Waals surface area contributed by atoms with E-state index in [4.69, 9.17) is 4.74 Å². The van der Waals surface area contributed by atoms with E-state index in [0.717, 1.165) is 5.75 Å². The first kappa shape index (κ1) is 17.3. The predicted molar refractivity (Wildman–Crippen MR) is 90.1 cm³/mol. The van der Waals surface area contributed by atoms with Gasteiger partial charge in [-0.1, -0.05) is 19.9 Å². The summed E-state index contributed by atoms with van der Waals surface area (Å²) in [4.78, 5) is 14.7. The molecule has 0 fully saturated rings. The second kappa shape index (κ2) is 7.97. The van der Waals surface area contributed by atoms with Gasteiger partial charge >= 0.3 is 0 Å². The largest absolute Gasteiger partial charge is 0.550 e. The number of carboxylic acids is 1. The van der Waals surface area contributed by atoms with E-state index in [1.165, 1.54) is 22.5 Å². The minimum Gasteiger partial charge on any atom is -0.550 e. The zero-order valence-corrected chi connectivity index (χ0v) is 14.4. The molecular formula is C17H21N2O3S-. The van der Waals surface area contributed by atoms with Crippen LogP contribution < -0.4 is 15.2 Å². The van der Waals surface area contributed by atoms with Crippen LogP contribution in [-0.2, 0) is 11.2 Å². The van der Waals surface area contributed by atoms with Gasteiger partial charge in [0.25, 0.3) is 0 Å². The Hall–Kier alpha value is -2.08. The molecule has 1 heterocycles. The molecule has 0 atom stereocenters. The number of thiazole rings is 1. The number of nitrogens with one attached hydrogen (secondary N) is 1. The van der Waals surface area contributed by atoms with E-state index in [1.54, 1.807) is 5.38 Å². The number of nitrogens with zero attached hydrogens (tertiary/aromatic N) is 1. The lowest BCUT2D eigenvalue weighted by Crippen LogP contribution is -2.24. The number of hydrogen-bond donors (Lipinski definition) is 1. The van der Waals surface area contributed by atoms with Crippen molar-refractivity contribution >= 4 is 22.4 Å². The van der Waals surface area contributed by atoms with Gasteiger partial charge in [0.15, 0.2) is 5.13 Å². The molecule has 0 saturated heterocycles. The van der Waals surface area contributed by atoms with Gasteiger partial charge in [-0.05, 0) is 36.1 Å². The van der Waals surface area contributed by atoms with Crippen molar-refractivity contribution in [3.63, 3.8) is 0 Å². The van der Waals surface area contributed by atoms with Crippen molar-refractivity contribution in [3.8, 4) is 5.75 Å². The van der Waals surface area contributed by atoms with E-state index in [-0.39, 0.29) is 6.42 Å². The summed E-state index contributed by atoms with van der Waals surface area (Å²) in [5.41, 5.74) is 3.08. The molecule has 0 aliphatic carbocycles. The summed E-state index contributed by atoms with van der Waals surface area (Å²) in [6, 6.07) is 6.15. The average Bonchev–Trinajstić information content (AvgIpc) is 2.90. The molecule has 6 heteroatoms. The number of benzene rings is 1. The van der Waals surface area contributed by atoms with E-state index in [0.29, 0.717) is 29.9 Å². The smallest absolute Gasteiger partial charge is 0.182 e. The lowest BCUT2D eigenvalue weighted by molar-refractivity contribution is -0.304. The monoisotopic (exact) mass is 333 g/mol. The number of aryl methyl sites for hydroxylation is 1. The van der Waals surface area contributed by atoms with Gasteiger partial charge in [-0.15, -0.1) is 11.3 Å². The van der Waals surface area contributed by atoms with E-state index >= 15 is 0 Å². The number of carbonyl (C=O) groups excluding carboxylic acids is 1. The SMILES string of the molecule is Cc1cc(OCCNc2nc(CC(=O)[O-])cs2)ccc1C(C)C. The van der Waals surface area contributed by atoms with E-state index in [2.05, 4.69) is 43.2 Å². The van der Waals surface area contributed by atoms with E-state index in [1.807, 2.05) is 6.07 Å². The summed E-state index contributed by atoms with van der Waals surface area (Å²) in [7, 11) is 0. The number of hydrogen-bond acceptors (Lipinski definition) is 6. The number of aromatic nitrogens is 1. The third kappa shape index (κ3) is 5.25. The minimum absolute atomic E-state index is 0.157. The Labute approximate surface area is 140 Å². The van der Waals surface area contributed by atoms with Crippen molar-refractivity contribution < 1.29 is 14.6 Å². The Morgan fingerprint density at radius 3 is 2.87 bits per heavy atom. The topological polar surface area (TPSA) is 74.3 Å². The highest BCUT2D eigenvalue weighted by Crippen LogP contribution is 2.23. The molecule has 1 N–H and O–H groups in total. The molecule has 0 spiro atoms. The summed E-state index contributed by atoms with van der Waals surface area (Å²) in [5, 5.41) is 16.0. The zero-order chi connectivity index (χ0) is 16.8. The molecule has 0 aliphatic heterocycles. The zero-order valence-electron chi connectivity index (χ0n) is 13.6. The third-order valence-electron chi connectivity index (χ3n) is 3.39. The molecule has 1 aromatic heterocycles. The molecule has 1 aromatic carbocycles. The van der Waals surface area contributed by atoms with E-state index in [9.17, 15) is 9.90 Å². The molecule has 0 amide bonds. The first-order valence-electron chi connectivity index (χ1n) is 7.57. The fourth-order valence-electron chi connectivity index (χ4n) is 2.33. The molecule has 0 unspecified atom stereocenters. The second-order valence-corrected chi connectivity index (χ2v) is 6.50. The van der Waals surface area contributed by atoms with Crippen LogP contribution in [-0.4, -0.2) is 24.1 Å².